The predicted octanol–water partition coefficient (Wildman–Crippen LogP) is 3.45. The van der Waals surface area contributed by atoms with E-state index in [1.54, 1.807) is 51.1 Å². The molecular weight excluding hydrogens is 512 g/mol. The van der Waals surface area contributed by atoms with Gasteiger partial charge in [0.25, 0.3) is 5.91 Å². The molecule has 10 heteroatoms. The summed E-state index contributed by atoms with van der Waals surface area (Å²) in [5.74, 6) is -1.38. The summed E-state index contributed by atoms with van der Waals surface area (Å²) >= 11 is 0. The van der Waals surface area contributed by atoms with E-state index in [0.717, 1.165) is 5.56 Å². The van der Waals surface area contributed by atoms with E-state index in [0.29, 0.717) is 17.7 Å². The summed E-state index contributed by atoms with van der Waals surface area (Å²) in [6.45, 7) is 5.16. The fourth-order valence-electron chi connectivity index (χ4n) is 3.88. The number of aromatic nitrogens is 1. The third-order valence-electron chi connectivity index (χ3n) is 5.71. The Hall–Kier alpha value is -4.99. The Morgan fingerprint density at radius 2 is 1.68 bits per heavy atom. The molecule has 1 aromatic heterocycles. The van der Waals surface area contributed by atoms with Crippen LogP contribution in [-0.2, 0) is 25.5 Å². The highest BCUT2D eigenvalue weighted by Crippen LogP contribution is 2.20. The first-order valence-electron chi connectivity index (χ1n) is 12.7. The number of benzene rings is 2. The molecule has 1 aliphatic heterocycles. The first-order valence-corrected chi connectivity index (χ1v) is 12.7. The Bertz CT molecular complexity index is 1400. The molecule has 2 heterocycles. The maximum Gasteiger partial charge on any atom is 0.408 e. The van der Waals surface area contributed by atoms with Crippen LogP contribution in [0, 0.1) is 0 Å². The van der Waals surface area contributed by atoms with Crippen molar-refractivity contribution in [2.24, 2.45) is 0 Å². The zero-order valence-corrected chi connectivity index (χ0v) is 22.3. The molecule has 1 saturated heterocycles. The molecule has 0 aliphatic carbocycles. The fraction of sp³-hybridized carbons (Fsp3) is 0.233. The van der Waals surface area contributed by atoms with E-state index in [2.05, 4.69) is 20.9 Å². The monoisotopic (exact) mass is 542 g/mol. The summed E-state index contributed by atoms with van der Waals surface area (Å²) in [5.41, 5.74) is 1.10. The summed E-state index contributed by atoms with van der Waals surface area (Å²) in [6, 6.07) is 19.2. The van der Waals surface area contributed by atoms with Gasteiger partial charge in [-0.2, -0.15) is 0 Å². The van der Waals surface area contributed by atoms with Crippen LogP contribution in [0.25, 0.3) is 6.08 Å². The summed E-state index contributed by atoms with van der Waals surface area (Å²) in [6.07, 6.45) is 2.34. The van der Waals surface area contributed by atoms with Crippen molar-refractivity contribution in [2.45, 2.75) is 44.9 Å². The molecule has 2 aromatic carbocycles. The van der Waals surface area contributed by atoms with E-state index in [1.807, 2.05) is 30.3 Å². The van der Waals surface area contributed by atoms with E-state index < -0.39 is 35.7 Å². The van der Waals surface area contributed by atoms with E-state index in [9.17, 15) is 19.2 Å². The van der Waals surface area contributed by atoms with Crippen molar-refractivity contribution >= 4 is 30.0 Å². The Balaban J connectivity index is 1.41. The molecule has 0 saturated carbocycles. The number of pyridine rings is 1. The van der Waals surface area contributed by atoms with E-state index in [1.165, 1.54) is 24.4 Å². The van der Waals surface area contributed by atoms with Crippen LogP contribution in [0.3, 0.4) is 0 Å². The van der Waals surface area contributed by atoms with Gasteiger partial charge < -0.3 is 25.4 Å². The van der Waals surface area contributed by atoms with Crippen LogP contribution in [0.4, 0.5) is 4.79 Å². The number of nitrogens with zero attached hydrogens (tertiary/aromatic N) is 1. The number of carbonyl (C=O) groups excluding carboxylic acids is 4. The number of hydrogen-bond donors (Lipinski definition) is 3. The number of ether oxygens (including phenoxy) is 2. The van der Waals surface area contributed by atoms with Crippen molar-refractivity contribution in [1.82, 2.24) is 20.9 Å². The molecule has 206 valence electrons. The predicted molar refractivity (Wildman–Crippen MR) is 147 cm³/mol. The SMILES string of the molecule is CC(C)(C)OC(=O)NC(C(=O)Oc1ccc(C=C2NC(=O)C(Cc3ccccc3)NC2=O)nc1)c1ccccc1. The lowest BCUT2D eigenvalue weighted by Gasteiger charge is -2.25. The lowest BCUT2D eigenvalue weighted by atomic mass is 10.0. The molecule has 0 bridgehead atoms. The van der Waals surface area contributed by atoms with Crippen LogP contribution in [0.2, 0.25) is 0 Å². The summed E-state index contributed by atoms with van der Waals surface area (Å²) < 4.78 is 10.8. The third-order valence-corrected chi connectivity index (χ3v) is 5.71. The molecular formula is C30H30N4O6. The van der Waals surface area contributed by atoms with Gasteiger partial charge in [0.1, 0.15) is 23.1 Å². The topological polar surface area (TPSA) is 136 Å². The zero-order chi connectivity index (χ0) is 28.7. The molecule has 3 amide bonds. The minimum absolute atomic E-state index is 0.0530. The standard InChI is InChI=1S/C30H30N4O6/c1-30(2,3)40-29(38)34-25(20-12-8-5-9-13-20)28(37)39-22-15-14-21(31-18-22)17-24-27(36)32-23(26(35)33-24)16-19-10-6-4-7-11-19/h4-15,17-18,23,25H,16H2,1-3H3,(H,32,36)(H,33,35)(H,34,38). The van der Waals surface area contributed by atoms with E-state index >= 15 is 0 Å². The Morgan fingerprint density at radius 3 is 2.30 bits per heavy atom. The van der Waals surface area contributed by atoms with Crippen molar-refractivity contribution in [3.05, 3.63) is 102 Å². The van der Waals surface area contributed by atoms with Gasteiger partial charge in [0.2, 0.25) is 5.91 Å². The molecule has 2 unspecified atom stereocenters. The molecule has 0 spiro atoms. The van der Waals surface area contributed by atoms with Crippen molar-refractivity contribution in [3.8, 4) is 5.75 Å². The highest BCUT2D eigenvalue weighted by Gasteiger charge is 2.30. The lowest BCUT2D eigenvalue weighted by molar-refractivity contribution is -0.137. The highest BCUT2D eigenvalue weighted by molar-refractivity contribution is 6.07. The van der Waals surface area contributed by atoms with E-state index in [4.69, 9.17) is 9.47 Å². The molecule has 3 aromatic rings. The second-order valence-electron chi connectivity index (χ2n) is 10.1. The summed E-state index contributed by atoms with van der Waals surface area (Å²) in [4.78, 5) is 54.8. The number of esters is 1. The van der Waals surface area contributed by atoms with Gasteiger partial charge in [-0.25, -0.2) is 9.59 Å². The first-order chi connectivity index (χ1) is 19.1. The maximum atomic E-state index is 13.0. The molecule has 10 nitrogen and oxygen atoms in total. The lowest BCUT2D eigenvalue weighted by Crippen LogP contribution is -2.55. The van der Waals surface area contributed by atoms with Gasteiger partial charge in [0.15, 0.2) is 6.04 Å². The van der Waals surface area contributed by atoms with Gasteiger partial charge >= 0.3 is 12.1 Å². The minimum Gasteiger partial charge on any atom is -0.444 e. The second-order valence-corrected chi connectivity index (χ2v) is 10.1. The molecule has 40 heavy (non-hydrogen) atoms. The minimum atomic E-state index is -1.12. The van der Waals surface area contributed by atoms with Crippen LogP contribution >= 0.6 is 0 Å². The molecule has 4 rings (SSSR count). The van der Waals surface area contributed by atoms with Crippen molar-refractivity contribution in [3.63, 3.8) is 0 Å². The fourth-order valence-corrected chi connectivity index (χ4v) is 3.88. The Labute approximate surface area is 231 Å². The number of hydrogen-bond acceptors (Lipinski definition) is 7. The van der Waals surface area contributed by atoms with E-state index in [-0.39, 0.29) is 17.4 Å². The van der Waals surface area contributed by atoms with Gasteiger partial charge in [-0.15, -0.1) is 0 Å². The molecule has 1 aliphatic rings. The smallest absolute Gasteiger partial charge is 0.408 e. The normalized spacial score (nSPS) is 16.9. The van der Waals surface area contributed by atoms with Crippen LogP contribution in [0.15, 0.2) is 84.7 Å². The largest absolute Gasteiger partial charge is 0.444 e. The van der Waals surface area contributed by atoms with Crippen molar-refractivity contribution in [2.75, 3.05) is 0 Å². The Morgan fingerprint density at radius 1 is 1.00 bits per heavy atom. The number of piperazine rings is 1. The quantitative estimate of drug-likeness (QED) is 0.307. The number of amides is 3. The van der Waals surface area contributed by atoms with Gasteiger partial charge in [0.05, 0.1) is 11.9 Å². The maximum absolute atomic E-state index is 13.0. The van der Waals surface area contributed by atoms with Crippen LogP contribution in [0.5, 0.6) is 5.75 Å². The number of nitrogens with one attached hydrogen (secondary N) is 3. The summed E-state index contributed by atoms with van der Waals surface area (Å²) in [5, 5.41) is 7.90. The Kier molecular flexibility index (Phi) is 8.58. The number of rotatable bonds is 7. The van der Waals surface area contributed by atoms with Gasteiger partial charge in [-0.05, 0) is 50.1 Å². The average molecular weight is 543 g/mol. The molecule has 3 N–H and O–H groups in total. The van der Waals surface area contributed by atoms with Crippen LogP contribution in [0.1, 0.15) is 43.6 Å². The van der Waals surface area contributed by atoms with Gasteiger partial charge in [-0.1, -0.05) is 60.7 Å². The number of alkyl carbamates (subject to hydrolysis) is 1. The van der Waals surface area contributed by atoms with Gasteiger partial charge in [0, 0.05) is 6.42 Å². The summed E-state index contributed by atoms with van der Waals surface area (Å²) in [7, 11) is 0. The highest BCUT2D eigenvalue weighted by atomic mass is 16.6. The van der Waals surface area contributed by atoms with Crippen molar-refractivity contribution < 1.29 is 28.7 Å². The van der Waals surface area contributed by atoms with Crippen LogP contribution < -0.4 is 20.7 Å². The zero-order valence-electron chi connectivity index (χ0n) is 22.3. The molecule has 1 fully saturated rings. The molecule has 2 atom stereocenters. The third kappa shape index (κ3) is 7.76. The average Bonchev–Trinajstić information content (AvgIpc) is 2.91. The van der Waals surface area contributed by atoms with Crippen molar-refractivity contribution in [1.29, 1.82) is 0 Å². The number of carbonyl (C=O) groups is 4. The second kappa shape index (κ2) is 12.2. The first kappa shape index (κ1) is 28.0. The van der Waals surface area contributed by atoms with Gasteiger partial charge in [-0.3, -0.25) is 14.6 Å². The molecule has 0 radical (unpaired) electrons. The van der Waals surface area contributed by atoms with Crippen LogP contribution in [-0.4, -0.2) is 40.5 Å².